The van der Waals surface area contributed by atoms with Crippen molar-refractivity contribution in [3.63, 3.8) is 0 Å². The van der Waals surface area contributed by atoms with E-state index in [1.807, 2.05) is 0 Å². The maximum Gasteiger partial charge on any atom is 0.307 e. The van der Waals surface area contributed by atoms with E-state index in [2.05, 4.69) is 10.1 Å². The van der Waals surface area contributed by atoms with Gasteiger partial charge < -0.3 is 10.1 Å². The number of ether oxygens (including phenoxy) is 1. The van der Waals surface area contributed by atoms with Crippen LogP contribution in [0.5, 0.6) is 0 Å². The topological polar surface area (TPSA) is 72.5 Å². The first-order valence-corrected chi connectivity index (χ1v) is 7.25. The predicted molar refractivity (Wildman–Crippen MR) is 84.9 cm³/mol. The largest absolute Gasteiger partial charge is 0.469 e. The molecule has 1 aliphatic rings. The Hall–Kier alpha value is -2.95. The van der Waals surface area contributed by atoms with Crippen LogP contribution in [0.4, 0.5) is 5.69 Å². The Morgan fingerprint density at radius 1 is 0.957 bits per heavy atom. The summed E-state index contributed by atoms with van der Waals surface area (Å²) >= 11 is 0. The van der Waals surface area contributed by atoms with Crippen molar-refractivity contribution < 1.29 is 19.1 Å². The van der Waals surface area contributed by atoms with Crippen molar-refractivity contribution in [3.8, 4) is 0 Å². The zero-order chi connectivity index (χ0) is 16.4. The molecule has 116 valence electrons. The van der Waals surface area contributed by atoms with Crippen molar-refractivity contribution in [2.24, 2.45) is 0 Å². The highest BCUT2D eigenvalue weighted by Crippen LogP contribution is 2.29. The zero-order valence-corrected chi connectivity index (χ0v) is 12.6. The average Bonchev–Trinajstić information content (AvgIpc) is 2.59. The van der Waals surface area contributed by atoms with E-state index < -0.39 is 0 Å². The number of hydrogen-bond acceptors (Lipinski definition) is 5. The number of carbonyl (C=O) groups is 3. The number of methoxy groups -OCH3 is 1. The van der Waals surface area contributed by atoms with Crippen molar-refractivity contribution in [3.05, 3.63) is 64.7 Å². The lowest BCUT2D eigenvalue weighted by Crippen LogP contribution is -2.21. The van der Waals surface area contributed by atoms with E-state index in [0.29, 0.717) is 34.5 Å². The van der Waals surface area contributed by atoms with E-state index in [-0.39, 0.29) is 24.0 Å². The molecule has 1 aliphatic carbocycles. The molecule has 0 aliphatic heterocycles. The first-order valence-electron chi connectivity index (χ1n) is 7.25. The van der Waals surface area contributed by atoms with Gasteiger partial charge in [-0.05, 0) is 18.2 Å². The molecule has 1 N–H and O–H groups in total. The molecule has 5 heteroatoms. The van der Waals surface area contributed by atoms with E-state index in [1.54, 1.807) is 42.5 Å². The van der Waals surface area contributed by atoms with E-state index in [9.17, 15) is 14.4 Å². The quantitative estimate of drug-likeness (QED) is 0.749. The van der Waals surface area contributed by atoms with Crippen LogP contribution >= 0.6 is 0 Å². The summed E-state index contributed by atoms with van der Waals surface area (Å²) in [5.41, 5.74) is 2.35. The number of benzene rings is 2. The maximum absolute atomic E-state index is 12.6. The second-order valence-electron chi connectivity index (χ2n) is 5.22. The number of esters is 1. The lowest BCUT2D eigenvalue weighted by molar-refractivity contribution is -0.140. The number of rotatable bonds is 4. The van der Waals surface area contributed by atoms with Crippen LogP contribution in [-0.4, -0.2) is 31.2 Å². The molecule has 3 rings (SSSR count). The minimum atomic E-state index is -0.310. The fourth-order valence-electron chi connectivity index (χ4n) is 2.62. The van der Waals surface area contributed by atoms with Gasteiger partial charge in [0.1, 0.15) is 0 Å². The third-order valence-corrected chi connectivity index (χ3v) is 3.81. The summed E-state index contributed by atoms with van der Waals surface area (Å²) in [4.78, 5) is 36.2. The first-order chi connectivity index (χ1) is 11.1. The van der Waals surface area contributed by atoms with Crippen LogP contribution in [0.25, 0.3) is 0 Å². The lowest BCUT2D eigenvalue weighted by atomic mass is 9.84. The van der Waals surface area contributed by atoms with Crippen molar-refractivity contribution in [1.29, 1.82) is 0 Å². The summed E-state index contributed by atoms with van der Waals surface area (Å²) in [5.74, 6) is -0.612. The minimum Gasteiger partial charge on any atom is -0.469 e. The van der Waals surface area contributed by atoms with Crippen molar-refractivity contribution in [1.82, 2.24) is 0 Å². The van der Waals surface area contributed by atoms with Gasteiger partial charge in [-0.2, -0.15) is 0 Å². The monoisotopic (exact) mass is 309 g/mol. The summed E-state index contributed by atoms with van der Waals surface area (Å²) in [5, 5.41) is 3.05. The van der Waals surface area contributed by atoms with Crippen LogP contribution in [0.1, 0.15) is 38.3 Å². The number of nitrogens with one attached hydrogen (secondary N) is 1. The molecule has 5 nitrogen and oxygen atoms in total. The Morgan fingerprint density at radius 3 is 2.22 bits per heavy atom. The second-order valence-corrected chi connectivity index (χ2v) is 5.22. The Kier molecular flexibility index (Phi) is 3.93. The molecular formula is C18H15NO4. The van der Waals surface area contributed by atoms with Gasteiger partial charge >= 0.3 is 5.97 Å². The van der Waals surface area contributed by atoms with Crippen LogP contribution in [0, 0.1) is 0 Å². The SMILES string of the molecule is COC(=O)CCNc1ccc2c(c1)C(=O)c1ccccc1C2=O. The van der Waals surface area contributed by atoms with Crippen LogP contribution in [0.3, 0.4) is 0 Å². The molecule has 0 radical (unpaired) electrons. The third-order valence-electron chi connectivity index (χ3n) is 3.81. The molecule has 0 amide bonds. The predicted octanol–water partition coefficient (Wildman–Crippen LogP) is 2.44. The summed E-state index contributed by atoms with van der Waals surface area (Å²) in [6.07, 6.45) is 0.225. The summed E-state index contributed by atoms with van der Waals surface area (Å²) in [7, 11) is 1.34. The Morgan fingerprint density at radius 2 is 1.57 bits per heavy atom. The number of hydrogen-bond donors (Lipinski definition) is 1. The Labute approximate surface area is 133 Å². The molecular weight excluding hydrogens is 294 g/mol. The molecule has 0 aromatic heterocycles. The van der Waals surface area contributed by atoms with Gasteiger partial charge in [-0.15, -0.1) is 0 Å². The summed E-state index contributed by atoms with van der Waals surface area (Å²) in [6.45, 7) is 0.393. The van der Waals surface area contributed by atoms with Gasteiger partial charge in [0.05, 0.1) is 13.5 Å². The number of anilines is 1. The summed E-state index contributed by atoms with van der Waals surface area (Å²) in [6, 6.07) is 11.9. The molecule has 0 fully saturated rings. The summed E-state index contributed by atoms with van der Waals surface area (Å²) < 4.78 is 4.57. The molecule has 0 bridgehead atoms. The van der Waals surface area contributed by atoms with Crippen molar-refractivity contribution >= 4 is 23.2 Å². The smallest absolute Gasteiger partial charge is 0.307 e. The minimum absolute atomic E-state index is 0.142. The second kappa shape index (κ2) is 6.04. The highest BCUT2D eigenvalue weighted by atomic mass is 16.5. The van der Waals surface area contributed by atoms with Gasteiger partial charge in [0.25, 0.3) is 0 Å². The molecule has 0 saturated heterocycles. The molecule has 0 heterocycles. The number of carbonyl (C=O) groups excluding carboxylic acids is 3. The molecule has 2 aromatic carbocycles. The van der Waals surface area contributed by atoms with E-state index in [4.69, 9.17) is 0 Å². The van der Waals surface area contributed by atoms with Crippen LogP contribution in [-0.2, 0) is 9.53 Å². The van der Waals surface area contributed by atoms with Crippen molar-refractivity contribution in [2.75, 3.05) is 19.0 Å². The molecule has 2 aromatic rings. The van der Waals surface area contributed by atoms with Crippen LogP contribution in [0.15, 0.2) is 42.5 Å². The van der Waals surface area contributed by atoms with E-state index in [0.717, 1.165) is 0 Å². The van der Waals surface area contributed by atoms with Gasteiger partial charge in [-0.1, -0.05) is 24.3 Å². The van der Waals surface area contributed by atoms with Crippen LogP contribution < -0.4 is 5.32 Å². The molecule has 0 unspecified atom stereocenters. The van der Waals surface area contributed by atoms with Gasteiger partial charge in [-0.3, -0.25) is 14.4 Å². The highest BCUT2D eigenvalue weighted by Gasteiger charge is 2.29. The van der Waals surface area contributed by atoms with Crippen molar-refractivity contribution in [2.45, 2.75) is 6.42 Å². The number of ketones is 2. The standard InChI is InChI=1S/C18H15NO4/c1-23-16(20)8-9-19-11-6-7-14-15(10-11)18(22)13-5-3-2-4-12(13)17(14)21/h2-7,10,19H,8-9H2,1H3. The molecule has 23 heavy (non-hydrogen) atoms. The lowest BCUT2D eigenvalue weighted by Gasteiger charge is -2.18. The average molecular weight is 309 g/mol. The maximum atomic E-state index is 12.6. The van der Waals surface area contributed by atoms with E-state index >= 15 is 0 Å². The zero-order valence-electron chi connectivity index (χ0n) is 12.6. The molecule has 0 atom stereocenters. The number of fused-ring (bicyclic) bond motifs is 2. The van der Waals surface area contributed by atoms with Gasteiger partial charge in [0.15, 0.2) is 11.6 Å². The fraction of sp³-hybridized carbons (Fsp3) is 0.167. The fourth-order valence-corrected chi connectivity index (χ4v) is 2.62. The Bertz CT molecular complexity index is 810. The highest BCUT2D eigenvalue weighted by molar-refractivity contribution is 6.28. The third kappa shape index (κ3) is 2.73. The molecule has 0 spiro atoms. The van der Waals surface area contributed by atoms with Gasteiger partial charge in [-0.25, -0.2) is 0 Å². The van der Waals surface area contributed by atoms with E-state index in [1.165, 1.54) is 7.11 Å². The Balaban J connectivity index is 1.87. The normalized spacial score (nSPS) is 12.4. The van der Waals surface area contributed by atoms with Gasteiger partial charge in [0.2, 0.25) is 0 Å². The van der Waals surface area contributed by atoms with Crippen LogP contribution in [0.2, 0.25) is 0 Å². The van der Waals surface area contributed by atoms with Gasteiger partial charge in [0, 0.05) is 34.5 Å². The molecule has 0 saturated carbocycles. The first kappa shape index (κ1) is 15.0.